The van der Waals surface area contributed by atoms with Crippen molar-refractivity contribution in [1.82, 2.24) is 20.1 Å². The van der Waals surface area contributed by atoms with Gasteiger partial charge in [0.25, 0.3) is 0 Å². The lowest BCUT2D eigenvalue weighted by Crippen LogP contribution is -2.50. The normalized spacial score (nSPS) is 21.4. The molecule has 2 aromatic rings. The molecule has 2 aliphatic heterocycles. The lowest BCUT2D eigenvalue weighted by molar-refractivity contribution is -0.127. The van der Waals surface area contributed by atoms with E-state index in [4.69, 9.17) is 0 Å². The van der Waals surface area contributed by atoms with Gasteiger partial charge in [0, 0.05) is 38.1 Å². The van der Waals surface area contributed by atoms with Crippen molar-refractivity contribution in [2.75, 3.05) is 32.7 Å². The van der Waals surface area contributed by atoms with E-state index in [0.717, 1.165) is 58.5 Å². The largest absolute Gasteiger partial charge is 0.355 e. The molecule has 0 bridgehead atoms. The molecule has 5 heteroatoms. The average molecular weight is 407 g/mol. The van der Waals surface area contributed by atoms with E-state index in [1.165, 1.54) is 24.0 Å². The maximum Gasteiger partial charge on any atom is 0.224 e. The van der Waals surface area contributed by atoms with Crippen LogP contribution in [-0.4, -0.2) is 59.5 Å². The van der Waals surface area contributed by atoms with Crippen LogP contribution in [0.2, 0.25) is 0 Å². The van der Waals surface area contributed by atoms with Crippen LogP contribution in [0.25, 0.3) is 0 Å². The van der Waals surface area contributed by atoms with Gasteiger partial charge in [-0.05, 0) is 68.9 Å². The highest BCUT2D eigenvalue weighted by Crippen LogP contribution is 2.24. The van der Waals surface area contributed by atoms with Gasteiger partial charge in [-0.3, -0.25) is 19.6 Å². The van der Waals surface area contributed by atoms with Crippen molar-refractivity contribution in [3.8, 4) is 0 Å². The fourth-order valence-electron chi connectivity index (χ4n) is 4.86. The third-order valence-corrected chi connectivity index (χ3v) is 6.58. The molecular formula is C25H34N4O. The molecule has 1 N–H and O–H groups in total. The maximum atomic E-state index is 12.7. The zero-order chi connectivity index (χ0) is 20.6. The Morgan fingerprint density at radius 2 is 1.80 bits per heavy atom. The summed E-state index contributed by atoms with van der Waals surface area (Å²) < 4.78 is 0. The Balaban J connectivity index is 1.20. The van der Waals surface area contributed by atoms with E-state index in [1.54, 1.807) is 0 Å². The number of carbonyl (C=O) groups excluding carboxylic acids is 1. The molecule has 0 unspecified atom stereocenters. The van der Waals surface area contributed by atoms with Crippen molar-refractivity contribution in [2.45, 2.75) is 44.7 Å². The van der Waals surface area contributed by atoms with Gasteiger partial charge in [-0.1, -0.05) is 36.4 Å². The fourth-order valence-corrected chi connectivity index (χ4v) is 4.86. The minimum absolute atomic E-state index is 0.142. The Hall–Kier alpha value is -2.24. The number of hydrogen-bond acceptors (Lipinski definition) is 4. The van der Waals surface area contributed by atoms with Gasteiger partial charge >= 0.3 is 0 Å². The Morgan fingerprint density at radius 3 is 2.57 bits per heavy atom. The molecule has 0 aliphatic carbocycles. The van der Waals surface area contributed by atoms with Crippen LogP contribution in [0.4, 0.5) is 0 Å². The summed E-state index contributed by atoms with van der Waals surface area (Å²) in [6.45, 7) is 6.04. The maximum absolute atomic E-state index is 12.7. The molecule has 2 fully saturated rings. The number of benzene rings is 1. The van der Waals surface area contributed by atoms with Crippen LogP contribution >= 0.6 is 0 Å². The fraction of sp³-hybridized carbons (Fsp3) is 0.520. The third kappa shape index (κ3) is 5.89. The predicted molar refractivity (Wildman–Crippen MR) is 120 cm³/mol. The second kappa shape index (κ2) is 10.7. The molecule has 1 atom stereocenters. The number of pyridine rings is 1. The molecule has 1 aromatic heterocycles. The van der Waals surface area contributed by atoms with Crippen LogP contribution < -0.4 is 5.32 Å². The Labute approximate surface area is 180 Å². The van der Waals surface area contributed by atoms with E-state index in [0.29, 0.717) is 6.04 Å². The van der Waals surface area contributed by atoms with Crippen LogP contribution in [0.15, 0.2) is 54.9 Å². The lowest BCUT2D eigenvalue weighted by atomic mass is 9.93. The molecule has 5 nitrogen and oxygen atoms in total. The van der Waals surface area contributed by atoms with Crippen molar-refractivity contribution in [2.24, 2.45) is 5.92 Å². The van der Waals surface area contributed by atoms with E-state index in [2.05, 4.69) is 50.4 Å². The summed E-state index contributed by atoms with van der Waals surface area (Å²) in [5.41, 5.74) is 2.57. The van der Waals surface area contributed by atoms with Gasteiger partial charge in [-0.25, -0.2) is 0 Å². The second-order valence-corrected chi connectivity index (χ2v) is 8.73. The first-order valence-electron chi connectivity index (χ1n) is 11.4. The number of aromatic nitrogens is 1. The highest BCUT2D eigenvalue weighted by atomic mass is 16.1. The molecule has 30 heavy (non-hydrogen) atoms. The number of hydrogen-bond donors (Lipinski definition) is 1. The van der Waals surface area contributed by atoms with Crippen molar-refractivity contribution >= 4 is 5.91 Å². The zero-order valence-electron chi connectivity index (χ0n) is 17.9. The number of amides is 1. The Bertz CT molecular complexity index is 774. The summed E-state index contributed by atoms with van der Waals surface area (Å²) in [5.74, 6) is 0.382. The molecule has 0 radical (unpaired) electrons. The second-order valence-electron chi connectivity index (χ2n) is 8.73. The Morgan fingerprint density at radius 1 is 1.00 bits per heavy atom. The summed E-state index contributed by atoms with van der Waals surface area (Å²) >= 11 is 0. The number of rotatable bonds is 7. The van der Waals surface area contributed by atoms with E-state index in [-0.39, 0.29) is 11.8 Å². The third-order valence-electron chi connectivity index (χ3n) is 6.58. The topological polar surface area (TPSA) is 48.5 Å². The average Bonchev–Trinajstić information content (AvgIpc) is 2.81. The van der Waals surface area contributed by atoms with E-state index in [1.807, 2.05) is 24.5 Å². The minimum atomic E-state index is 0.142. The van der Waals surface area contributed by atoms with E-state index >= 15 is 0 Å². The Kier molecular flexibility index (Phi) is 7.49. The highest BCUT2D eigenvalue weighted by molar-refractivity contribution is 5.79. The SMILES string of the molecule is O=C(NCCc1ccccc1)[C@H]1CCCN(C2CCN(Cc3cccnc3)CC2)C1. The van der Waals surface area contributed by atoms with Crippen LogP contribution in [0, 0.1) is 5.92 Å². The van der Waals surface area contributed by atoms with Gasteiger partial charge in [0.05, 0.1) is 5.92 Å². The van der Waals surface area contributed by atoms with Gasteiger partial charge in [0.1, 0.15) is 0 Å². The zero-order valence-corrected chi connectivity index (χ0v) is 17.9. The summed E-state index contributed by atoms with van der Waals surface area (Å²) in [4.78, 5) is 22.1. The standard InChI is InChI=1S/C25H34N4O/c30-25(27-14-10-21-6-2-1-3-7-21)23-9-5-15-29(20-23)24-11-16-28(17-12-24)19-22-8-4-13-26-18-22/h1-4,6-8,13,18,23-24H,5,9-12,14-17,19-20H2,(H,27,30)/t23-/m0/s1. The molecule has 1 amide bonds. The molecule has 2 aliphatic rings. The van der Waals surface area contributed by atoms with E-state index in [9.17, 15) is 4.79 Å². The first-order chi connectivity index (χ1) is 14.8. The van der Waals surface area contributed by atoms with Gasteiger partial charge in [-0.15, -0.1) is 0 Å². The number of likely N-dealkylation sites (tertiary alicyclic amines) is 2. The van der Waals surface area contributed by atoms with Gasteiger partial charge in [0.2, 0.25) is 5.91 Å². The number of piperidine rings is 2. The molecule has 0 saturated carbocycles. The molecule has 2 saturated heterocycles. The van der Waals surface area contributed by atoms with Gasteiger partial charge < -0.3 is 5.32 Å². The summed E-state index contributed by atoms with van der Waals surface area (Å²) in [5, 5.41) is 3.18. The van der Waals surface area contributed by atoms with Crippen molar-refractivity contribution in [1.29, 1.82) is 0 Å². The summed E-state index contributed by atoms with van der Waals surface area (Å²) in [7, 11) is 0. The molecule has 3 heterocycles. The number of nitrogens with zero attached hydrogens (tertiary/aromatic N) is 3. The van der Waals surface area contributed by atoms with E-state index < -0.39 is 0 Å². The highest BCUT2D eigenvalue weighted by Gasteiger charge is 2.31. The monoisotopic (exact) mass is 406 g/mol. The first-order valence-corrected chi connectivity index (χ1v) is 11.4. The van der Waals surface area contributed by atoms with Crippen LogP contribution in [-0.2, 0) is 17.8 Å². The number of carbonyl (C=O) groups is 1. The first kappa shape index (κ1) is 21.0. The van der Waals surface area contributed by atoms with Crippen LogP contribution in [0.5, 0.6) is 0 Å². The summed E-state index contributed by atoms with van der Waals surface area (Å²) in [6.07, 6.45) is 9.25. The van der Waals surface area contributed by atoms with Gasteiger partial charge in [0.15, 0.2) is 0 Å². The molecule has 0 spiro atoms. The quantitative estimate of drug-likeness (QED) is 0.768. The molecule has 160 valence electrons. The van der Waals surface area contributed by atoms with Crippen molar-refractivity contribution in [3.05, 3.63) is 66.0 Å². The molecule has 4 rings (SSSR count). The number of nitrogens with one attached hydrogen (secondary N) is 1. The molecular weight excluding hydrogens is 372 g/mol. The smallest absolute Gasteiger partial charge is 0.224 e. The van der Waals surface area contributed by atoms with Gasteiger partial charge in [-0.2, -0.15) is 0 Å². The summed E-state index contributed by atoms with van der Waals surface area (Å²) in [6, 6.07) is 15.2. The van der Waals surface area contributed by atoms with Crippen LogP contribution in [0.3, 0.4) is 0 Å². The molecule has 1 aromatic carbocycles. The lowest BCUT2D eigenvalue weighted by Gasteiger charge is -2.42. The predicted octanol–water partition coefficient (Wildman–Crippen LogP) is 3.12. The minimum Gasteiger partial charge on any atom is -0.355 e. The van der Waals surface area contributed by atoms with Crippen molar-refractivity contribution < 1.29 is 4.79 Å². The van der Waals surface area contributed by atoms with Crippen molar-refractivity contribution in [3.63, 3.8) is 0 Å². The van der Waals surface area contributed by atoms with Crippen LogP contribution in [0.1, 0.15) is 36.8 Å².